The molecule has 0 spiro atoms. The molecule has 3 N–H and O–H groups in total. The van der Waals surface area contributed by atoms with Gasteiger partial charge in [-0.15, -0.1) is 0 Å². The maximum absolute atomic E-state index is 13.4. The third kappa shape index (κ3) is 2.97. The van der Waals surface area contributed by atoms with Crippen molar-refractivity contribution in [2.45, 2.75) is 6.04 Å². The normalized spacial score (nSPS) is 12.0. The highest BCUT2D eigenvalue weighted by Gasteiger charge is 2.18. The van der Waals surface area contributed by atoms with Crippen LogP contribution in [0.5, 0.6) is 0 Å². The molecule has 1 amide bonds. The van der Waals surface area contributed by atoms with Crippen molar-refractivity contribution >= 4 is 11.6 Å². The van der Waals surface area contributed by atoms with E-state index in [1.54, 1.807) is 30.3 Å². The zero-order valence-electron chi connectivity index (χ0n) is 10.2. The molecule has 0 fully saturated rings. The van der Waals surface area contributed by atoms with E-state index >= 15 is 0 Å². The number of nitrogens with two attached hydrogens (primary N) is 1. The van der Waals surface area contributed by atoms with Gasteiger partial charge in [-0.25, -0.2) is 13.2 Å². The lowest BCUT2D eigenvalue weighted by atomic mass is 10.1. The van der Waals surface area contributed by atoms with Crippen LogP contribution in [-0.4, -0.2) is 5.91 Å². The van der Waals surface area contributed by atoms with Crippen LogP contribution >= 0.6 is 0 Å². The second kappa shape index (κ2) is 5.75. The SMILES string of the molecule is N[C@H](C(=O)Nc1cc(F)c(F)cc1F)c1ccccc1. The number of hydrogen-bond donors (Lipinski definition) is 2. The number of halogens is 3. The lowest BCUT2D eigenvalue weighted by Gasteiger charge is -2.13. The van der Waals surface area contributed by atoms with Crippen molar-refractivity contribution in [2.75, 3.05) is 5.32 Å². The summed E-state index contributed by atoms with van der Waals surface area (Å²) >= 11 is 0. The van der Waals surface area contributed by atoms with Crippen LogP contribution in [0.1, 0.15) is 11.6 Å². The van der Waals surface area contributed by atoms with Crippen LogP contribution < -0.4 is 11.1 Å². The summed E-state index contributed by atoms with van der Waals surface area (Å²) in [7, 11) is 0. The van der Waals surface area contributed by atoms with E-state index < -0.39 is 35.1 Å². The highest BCUT2D eigenvalue weighted by Crippen LogP contribution is 2.20. The molecule has 104 valence electrons. The number of anilines is 1. The molecule has 0 aliphatic rings. The van der Waals surface area contributed by atoms with Gasteiger partial charge < -0.3 is 11.1 Å². The lowest BCUT2D eigenvalue weighted by molar-refractivity contribution is -0.117. The second-order valence-corrected chi connectivity index (χ2v) is 4.12. The molecule has 20 heavy (non-hydrogen) atoms. The summed E-state index contributed by atoms with van der Waals surface area (Å²) in [5, 5.41) is 2.13. The first-order chi connectivity index (χ1) is 9.49. The Morgan fingerprint density at radius 3 is 2.25 bits per heavy atom. The van der Waals surface area contributed by atoms with Crippen LogP contribution in [-0.2, 0) is 4.79 Å². The fraction of sp³-hybridized carbons (Fsp3) is 0.0714. The molecule has 0 saturated heterocycles. The monoisotopic (exact) mass is 280 g/mol. The number of nitrogens with one attached hydrogen (secondary N) is 1. The number of rotatable bonds is 3. The van der Waals surface area contributed by atoms with E-state index in [4.69, 9.17) is 5.73 Å². The van der Waals surface area contributed by atoms with Gasteiger partial charge in [0.15, 0.2) is 11.6 Å². The summed E-state index contributed by atoms with van der Waals surface area (Å²) in [4.78, 5) is 11.8. The lowest BCUT2D eigenvalue weighted by Crippen LogP contribution is -2.28. The van der Waals surface area contributed by atoms with E-state index in [1.165, 1.54) is 0 Å². The Balaban J connectivity index is 2.18. The highest BCUT2D eigenvalue weighted by atomic mass is 19.2. The van der Waals surface area contributed by atoms with Crippen LogP contribution in [0.15, 0.2) is 42.5 Å². The van der Waals surface area contributed by atoms with Gasteiger partial charge in [0.2, 0.25) is 5.91 Å². The van der Waals surface area contributed by atoms with Crippen molar-refractivity contribution in [2.24, 2.45) is 5.73 Å². The number of carbonyl (C=O) groups excluding carboxylic acids is 1. The Morgan fingerprint density at radius 2 is 1.60 bits per heavy atom. The summed E-state index contributed by atoms with van der Waals surface area (Å²) < 4.78 is 39.2. The Kier molecular flexibility index (Phi) is 4.05. The highest BCUT2D eigenvalue weighted by molar-refractivity contribution is 5.95. The Hall–Kier alpha value is -2.34. The van der Waals surface area contributed by atoms with Crippen LogP contribution in [0.25, 0.3) is 0 Å². The standard InChI is InChI=1S/C14H11F3N2O/c15-9-6-11(17)12(7-10(9)16)19-14(20)13(18)8-4-2-1-3-5-8/h1-7,13H,18H2,(H,19,20)/t13-/m0/s1. The van der Waals surface area contributed by atoms with Crippen molar-refractivity contribution in [1.29, 1.82) is 0 Å². The predicted molar refractivity (Wildman–Crippen MR) is 68.3 cm³/mol. The maximum Gasteiger partial charge on any atom is 0.245 e. The van der Waals surface area contributed by atoms with Gasteiger partial charge in [-0.1, -0.05) is 30.3 Å². The molecule has 0 saturated carbocycles. The summed E-state index contributed by atoms with van der Waals surface area (Å²) in [5.41, 5.74) is 5.77. The average Bonchev–Trinajstić information content (AvgIpc) is 2.44. The van der Waals surface area contributed by atoms with E-state index in [9.17, 15) is 18.0 Å². The van der Waals surface area contributed by atoms with Gasteiger partial charge >= 0.3 is 0 Å². The van der Waals surface area contributed by atoms with Gasteiger partial charge in [0, 0.05) is 12.1 Å². The Morgan fingerprint density at radius 1 is 1.00 bits per heavy atom. The second-order valence-electron chi connectivity index (χ2n) is 4.12. The van der Waals surface area contributed by atoms with Gasteiger partial charge in [-0.3, -0.25) is 4.79 Å². The molecule has 1 atom stereocenters. The van der Waals surface area contributed by atoms with Crippen LogP contribution in [0.2, 0.25) is 0 Å². The minimum Gasteiger partial charge on any atom is -0.322 e. The zero-order chi connectivity index (χ0) is 14.7. The molecule has 2 aromatic carbocycles. The van der Waals surface area contributed by atoms with Gasteiger partial charge in [0.1, 0.15) is 11.9 Å². The van der Waals surface area contributed by atoms with E-state index in [-0.39, 0.29) is 0 Å². The molecule has 0 bridgehead atoms. The molecule has 0 heterocycles. The molecule has 6 heteroatoms. The molecule has 3 nitrogen and oxygen atoms in total. The van der Waals surface area contributed by atoms with E-state index in [1.807, 2.05) is 0 Å². The van der Waals surface area contributed by atoms with Crippen molar-refractivity contribution in [1.82, 2.24) is 0 Å². The first-order valence-electron chi connectivity index (χ1n) is 5.75. The third-order valence-electron chi connectivity index (χ3n) is 2.71. The summed E-state index contributed by atoms with van der Waals surface area (Å²) in [5.74, 6) is -4.37. The fourth-order valence-corrected chi connectivity index (χ4v) is 1.64. The number of amides is 1. The summed E-state index contributed by atoms with van der Waals surface area (Å²) in [6, 6.07) is 8.30. The van der Waals surface area contributed by atoms with E-state index in [0.717, 1.165) is 0 Å². The summed E-state index contributed by atoms with van der Waals surface area (Å²) in [6.45, 7) is 0. The van der Waals surface area contributed by atoms with Crippen LogP contribution in [0, 0.1) is 17.5 Å². The molecule has 0 radical (unpaired) electrons. The van der Waals surface area contributed by atoms with Crippen molar-refractivity contribution in [3.8, 4) is 0 Å². The molecular weight excluding hydrogens is 269 g/mol. The Labute approximate surface area is 113 Å². The molecule has 0 aliphatic carbocycles. The van der Waals surface area contributed by atoms with Gasteiger partial charge in [-0.2, -0.15) is 0 Å². The Bertz CT molecular complexity index is 632. The molecule has 0 unspecified atom stereocenters. The topological polar surface area (TPSA) is 55.1 Å². The zero-order valence-corrected chi connectivity index (χ0v) is 10.2. The first kappa shape index (κ1) is 14.1. The smallest absolute Gasteiger partial charge is 0.245 e. The van der Waals surface area contributed by atoms with Crippen molar-refractivity contribution in [3.63, 3.8) is 0 Å². The molecule has 2 aromatic rings. The van der Waals surface area contributed by atoms with E-state index in [2.05, 4.69) is 5.32 Å². The van der Waals surface area contributed by atoms with Gasteiger partial charge in [0.05, 0.1) is 5.69 Å². The summed E-state index contributed by atoms with van der Waals surface area (Å²) in [6.07, 6.45) is 0. The number of carbonyl (C=O) groups is 1. The maximum atomic E-state index is 13.4. The number of benzene rings is 2. The van der Waals surface area contributed by atoms with Crippen LogP contribution in [0.4, 0.5) is 18.9 Å². The van der Waals surface area contributed by atoms with E-state index in [0.29, 0.717) is 17.7 Å². The molecule has 2 rings (SSSR count). The fourth-order valence-electron chi connectivity index (χ4n) is 1.64. The quantitative estimate of drug-likeness (QED) is 0.849. The van der Waals surface area contributed by atoms with Crippen molar-refractivity contribution in [3.05, 3.63) is 65.5 Å². The van der Waals surface area contributed by atoms with Crippen molar-refractivity contribution < 1.29 is 18.0 Å². The molecular formula is C14H11F3N2O. The minimum absolute atomic E-state index is 0.360. The number of hydrogen-bond acceptors (Lipinski definition) is 2. The largest absolute Gasteiger partial charge is 0.322 e. The minimum atomic E-state index is -1.33. The van der Waals surface area contributed by atoms with Crippen LogP contribution in [0.3, 0.4) is 0 Å². The molecule has 0 aromatic heterocycles. The van der Waals surface area contributed by atoms with Gasteiger partial charge in [-0.05, 0) is 5.56 Å². The van der Waals surface area contributed by atoms with Gasteiger partial charge in [0.25, 0.3) is 0 Å². The first-order valence-corrected chi connectivity index (χ1v) is 5.75. The average molecular weight is 280 g/mol. The third-order valence-corrected chi connectivity index (χ3v) is 2.71. The predicted octanol–water partition coefficient (Wildman–Crippen LogP) is 2.74. The molecule has 0 aliphatic heterocycles.